The van der Waals surface area contributed by atoms with Crippen molar-refractivity contribution in [2.75, 3.05) is 0 Å². The summed E-state index contributed by atoms with van der Waals surface area (Å²) in [6.45, 7) is 0. The molecule has 9 aromatic rings. The molecule has 0 aliphatic carbocycles. The first-order chi connectivity index (χ1) is 21.3. The van der Waals surface area contributed by atoms with E-state index >= 15 is 0 Å². The Balaban J connectivity index is 1.61. The Hall–Kier alpha value is -5.53. The molecule has 0 bridgehead atoms. The van der Waals surface area contributed by atoms with Gasteiger partial charge < -0.3 is 0 Å². The van der Waals surface area contributed by atoms with Crippen LogP contribution in [-0.4, -0.2) is 0 Å². The van der Waals surface area contributed by atoms with Crippen molar-refractivity contribution in [1.82, 2.24) is 0 Å². The second kappa shape index (κ2) is 9.24. The van der Waals surface area contributed by atoms with Crippen molar-refractivity contribution >= 4 is 64.6 Å². The van der Waals surface area contributed by atoms with Crippen LogP contribution in [0.1, 0.15) is 0 Å². The molecule has 0 saturated carbocycles. The first-order valence-electron chi connectivity index (χ1n) is 14.7. The van der Waals surface area contributed by atoms with Gasteiger partial charge in [-0.25, -0.2) is 4.39 Å². The van der Waals surface area contributed by atoms with Crippen molar-refractivity contribution in [1.29, 1.82) is 0 Å². The van der Waals surface area contributed by atoms with Crippen LogP contribution in [0.3, 0.4) is 0 Å². The fourth-order valence-electron chi connectivity index (χ4n) is 7.24. The molecule has 0 aromatic heterocycles. The highest BCUT2D eigenvalue weighted by Gasteiger charge is 2.20. The van der Waals surface area contributed by atoms with E-state index < -0.39 is 0 Å². The Bertz CT molecular complexity index is 2550. The molecule has 9 aromatic carbocycles. The van der Waals surface area contributed by atoms with Gasteiger partial charge in [-0.15, -0.1) is 0 Å². The SMILES string of the molecule is Fc1ccc2c(c1)c1ccc3ccccc3c1c1cc3c(-c4ccccc4)c4ccccc4c(-c4ccccc4)c3cc21. The summed E-state index contributed by atoms with van der Waals surface area (Å²) >= 11 is 0. The van der Waals surface area contributed by atoms with Crippen LogP contribution in [-0.2, 0) is 0 Å². The molecule has 43 heavy (non-hydrogen) atoms. The molecule has 200 valence electrons. The van der Waals surface area contributed by atoms with Crippen molar-refractivity contribution in [3.63, 3.8) is 0 Å². The zero-order chi connectivity index (χ0) is 28.5. The Morgan fingerprint density at radius 2 is 0.814 bits per heavy atom. The molecular formula is C42H25F. The van der Waals surface area contributed by atoms with Gasteiger partial charge in [0.15, 0.2) is 0 Å². The fraction of sp³-hybridized carbons (Fsp3) is 0. The van der Waals surface area contributed by atoms with Crippen molar-refractivity contribution in [3.05, 3.63) is 157 Å². The number of halogens is 1. The van der Waals surface area contributed by atoms with Gasteiger partial charge in [0.25, 0.3) is 0 Å². The van der Waals surface area contributed by atoms with Crippen LogP contribution in [0.2, 0.25) is 0 Å². The molecule has 0 nitrogen and oxygen atoms in total. The van der Waals surface area contributed by atoms with Crippen molar-refractivity contribution in [2.45, 2.75) is 0 Å². The van der Waals surface area contributed by atoms with E-state index in [1.165, 1.54) is 65.3 Å². The molecule has 0 aliphatic rings. The minimum Gasteiger partial charge on any atom is -0.207 e. The van der Waals surface area contributed by atoms with Gasteiger partial charge >= 0.3 is 0 Å². The second-order valence-electron chi connectivity index (χ2n) is 11.4. The molecule has 0 N–H and O–H groups in total. The maximum Gasteiger partial charge on any atom is 0.123 e. The van der Waals surface area contributed by atoms with E-state index in [1.54, 1.807) is 12.1 Å². The maximum absolute atomic E-state index is 14.8. The first kappa shape index (κ1) is 24.1. The highest BCUT2D eigenvalue weighted by Crippen LogP contribution is 2.47. The molecule has 1 heteroatoms. The monoisotopic (exact) mass is 548 g/mol. The van der Waals surface area contributed by atoms with Crippen LogP contribution in [0.25, 0.3) is 86.9 Å². The molecule has 0 heterocycles. The summed E-state index contributed by atoms with van der Waals surface area (Å²) in [7, 11) is 0. The van der Waals surface area contributed by atoms with Crippen LogP contribution in [0.4, 0.5) is 4.39 Å². The summed E-state index contributed by atoms with van der Waals surface area (Å²) in [5.41, 5.74) is 4.84. The van der Waals surface area contributed by atoms with Gasteiger partial charge in [0.05, 0.1) is 0 Å². The number of hydrogen-bond donors (Lipinski definition) is 0. The van der Waals surface area contributed by atoms with Crippen LogP contribution >= 0.6 is 0 Å². The van der Waals surface area contributed by atoms with Gasteiger partial charge in [0.2, 0.25) is 0 Å². The molecule has 0 aliphatic heterocycles. The highest BCUT2D eigenvalue weighted by atomic mass is 19.1. The third kappa shape index (κ3) is 3.55. The quantitative estimate of drug-likeness (QED) is 0.149. The molecule has 0 saturated heterocycles. The number of hydrogen-bond acceptors (Lipinski definition) is 0. The molecule has 0 atom stereocenters. The lowest BCUT2D eigenvalue weighted by Gasteiger charge is -2.20. The summed E-state index contributed by atoms with van der Waals surface area (Å²) in [6, 6.07) is 53.1. The van der Waals surface area contributed by atoms with Gasteiger partial charge in [-0.2, -0.15) is 0 Å². The van der Waals surface area contributed by atoms with Crippen molar-refractivity contribution < 1.29 is 4.39 Å². The van der Waals surface area contributed by atoms with E-state index in [1.807, 2.05) is 6.07 Å². The molecular weight excluding hydrogens is 523 g/mol. The van der Waals surface area contributed by atoms with E-state index in [0.717, 1.165) is 21.5 Å². The Morgan fingerprint density at radius 1 is 0.302 bits per heavy atom. The molecule has 0 radical (unpaired) electrons. The van der Waals surface area contributed by atoms with Gasteiger partial charge in [0.1, 0.15) is 5.82 Å². The number of fused-ring (bicyclic) bond motifs is 10. The summed E-state index contributed by atoms with van der Waals surface area (Å²) < 4.78 is 14.8. The second-order valence-corrected chi connectivity index (χ2v) is 11.4. The molecule has 9 rings (SSSR count). The lowest BCUT2D eigenvalue weighted by molar-refractivity contribution is 0.630. The van der Waals surface area contributed by atoms with Gasteiger partial charge in [0, 0.05) is 0 Å². The van der Waals surface area contributed by atoms with Crippen molar-refractivity contribution in [2.24, 2.45) is 0 Å². The standard InChI is InChI=1S/C42H25F/c43-29-20-22-31-35(23-29)34-21-19-26-11-7-8-16-30(26)42(34)37-25-39-38(24-36(31)37)40(27-12-3-1-4-13-27)32-17-9-10-18-33(32)41(39)28-14-5-2-6-15-28/h1-25H. The predicted molar refractivity (Wildman–Crippen MR) is 182 cm³/mol. The third-order valence-electron chi connectivity index (χ3n) is 9.05. The minimum atomic E-state index is -0.218. The van der Waals surface area contributed by atoms with E-state index in [2.05, 4.69) is 133 Å². The molecule has 0 amide bonds. The number of rotatable bonds is 2. The zero-order valence-corrected chi connectivity index (χ0v) is 23.3. The minimum absolute atomic E-state index is 0.218. The van der Waals surface area contributed by atoms with Gasteiger partial charge in [-0.3, -0.25) is 0 Å². The zero-order valence-electron chi connectivity index (χ0n) is 23.3. The van der Waals surface area contributed by atoms with E-state index in [4.69, 9.17) is 0 Å². The van der Waals surface area contributed by atoms with Gasteiger partial charge in [-0.05, 0) is 111 Å². The Kier molecular flexibility index (Phi) is 5.18. The summed E-state index contributed by atoms with van der Waals surface area (Å²) in [5.74, 6) is -0.218. The first-order valence-corrected chi connectivity index (χ1v) is 14.7. The van der Waals surface area contributed by atoms with E-state index in [0.29, 0.717) is 0 Å². The predicted octanol–water partition coefficient (Wildman–Crippen LogP) is 12.1. The molecule has 0 fully saturated rings. The lowest BCUT2D eigenvalue weighted by atomic mass is 9.83. The fourth-order valence-corrected chi connectivity index (χ4v) is 7.24. The van der Waals surface area contributed by atoms with E-state index in [-0.39, 0.29) is 5.82 Å². The average Bonchev–Trinajstić information content (AvgIpc) is 3.07. The van der Waals surface area contributed by atoms with E-state index in [9.17, 15) is 4.39 Å². The Labute approximate surface area is 248 Å². The average molecular weight is 549 g/mol. The number of benzene rings is 9. The topological polar surface area (TPSA) is 0 Å². The highest BCUT2D eigenvalue weighted by molar-refractivity contribution is 6.35. The van der Waals surface area contributed by atoms with Crippen LogP contribution in [0, 0.1) is 5.82 Å². The maximum atomic E-state index is 14.8. The molecule has 0 spiro atoms. The smallest absolute Gasteiger partial charge is 0.123 e. The van der Waals surface area contributed by atoms with Crippen LogP contribution < -0.4 is 0 Å². The normalized spacial score (nSPS) is 11.8. The van der Waals surface area contributed by atoms with Gasteiger partial charge in [-0.1, -0.05) is 127 Å². The Morgan fingerprint density at radius 3 is 1.47 bits per heavy atom. The van der Waals surface area contributed by atoms with Crippen LogP contribution in [0.5, 0.6) is 0 Å². The van der Waals surface area contributed by atoms with Crippen molar-refractivity contribution in [3.8, 4) is 22.3 Å². The summed E-state index contributed by atoms with van der Waals surface area (Å²) in [5, 5.41) is 13.8. The largest absolute Gasteiger partial charge is 0.207 e. The third-order valence-corrected chi connectivity index (χ3v) is 9.05. The van der Waals surface area contributed by atoms with Crippen LogP contribution in [0.15, 0.2) is 152 Å². The summed E-state index contributed by atoms with van der Waals surface area (Å²) in [4.78, 5) is 0. The lowest BCUT2D eigenvalue weighted by Crippen LogP contribution is -1.93. The molecule has 0 unspecified atom stereocenters. The summed E-state index contributed by atoms with van der Waals surface area (Å²) in [6.07, 6.45) is 0.